The zero-order valence-electron chi connectivity index (χ0n) is 7.74. The minimum absolute atomic E-state index is 0.120. The molecule has 0 aliphatic heterocycles. The second-order valence-corrected chi connectivity index (χ2v) is 3.16. The lowest BCUT2D eigenvalue weighted by Gasteiger charge is -2.07. The second-order valence-electron chi connectivity index (χ2n) is 2.76. The normalized spacial score (nSPS) is 9.50. The minimum Gasteiger partial charge on any atom is -0.504 e. The highest BCUT2D eigenvalue weighted by Gasteiger charge is 2.00. The van der Waals surface area contributed by atoms with E-state index in [-0.39, 0.29) is 11.5 Å². The molecule has 0 saturated heterocycles. The molecule has 1 aromatic carbocycles. The SMILES string of the molecule is CNC(=S)NCc1ccc(O)c(O)c1. The predicted molar refractivity (Wildman–Crippen MR) is 58.3 cm³/mol. The van der Waals surface area contributed by atoms with Gasteiger partial charge in [0.15, 0.2) is 16.6 Å². The molecule has 0 atom stereocenters. The van der Waals surface area contributed by atoms with Crippen molar-refractivity contribution in [3.63, 3.8) is 0 Å². The van der Waals surface area contributed by atoms with E-state index in [1.54, 1.807) is 13.1 Å². The Morgan fingerprint density at radius 2 is 2.07 bits per heavy atom. The summed E-state index contributed by atoms with van der Waals surface area (Å²) in [7, 11) is 1.73. The van der Waals surface area contributed by atoms with E-state index in [9.17, 15) is 5.11 Å². The molecule has 5 heteroatoms. The molecule has 1 rings (SSSR count). The van der Waals surface area contributed by atoms with Crippen molar-refractivity contribution in [3.05, 3.63) is 23.8 Å². The molecule has 0 aliphatic rings. The molecule has 0 aliphatic carbocycles. The van der Waals surface area contributed by atoms with Crippen molar-refractivity contribution in [3.8, 4) is 11.5 Å². The number of phenolic OH excluding ortho intramolecular Hbond substituents is 2. The molecule has 0 radical (unpaired) electrons. The molecule has 0 aromatic heterocycles. The maximum Gasteiger partial charge on any atom is 0.166 e. The highest BCUT2D eigenvalue weighted by molar-refractivity contribution is 7.80. The van der Waals surface area contributed by atoms with Crippen molar-refractivity contribution in [1.82, 2.24) is 10.6 Å². The Morgan fingerprint density at radius 1 is 1.36 bits per heavy atom. The minimum atomic E-state index is -0.125. The van der Waals surface area contributed by atoms with E-state index in [0.717, 1.165) is 5.56 Å². The molecule has 4 nitrogen and oxygen atoms in total. The number of aromatic hydroxyl groups is 2. The standard InChI is InChI=1S/C9H12N2O2S/c1-10-9(14)11-5-6-2-3-7(12)8(13)4-6/h2-4,12-13H,5H2,1H3,(H2,10,11,14). The summed E-state index contributed by atoms with van der Waals surface area (Å²) in [4.78, 5) is 0. The van der Waals surface area contributed by atoms with Gasteiger partial charge in [0.25, 0.3) is 0 Å². The van der Waals surface area contributed by atoms with Crippen LogP contribution in [-0.4, -0.2) is 22.4 Å². The van der Waals surface area contributed by atoms with Crippen LogP contribution in [0, 0.1) is 0 Å². The number of hydrogen-bond acceptors (Lipinski definition) is 3. The van der Waals surface area contributed by atoms with Gasteiger partial charge in [-0.15, -0.1) is 0 Å². The van der Waals surface area contributed by atoms with Crippen LogP contribution in [0.25, 0.3) is 0 Å². The molecule has 0 bridgehead atoms. The first-order valence-electron chi connectivity index (χ1n) is 4.10. The maximum atomic E-state index is 9.20. The fourth-order valence-electron chi connectivity index (χ4n) is 0.950. The Kier molecular flexibility index (Phi) is 3.53. The lowest BCUT2D eigenvalue weighted by atomic mass is 10.2. The zero-order chi connectivity index (χ0) is 10.6. The summed E-state index contributed by atoms with van der Waals surface area (Å²) in [5.41, 5.74) is 0.845. The van der Waals surface area contributed by atoms with Gasteiger partial charge in [0.05, 0.1) is 0 Å². The summed E-state index contributed by atoms with van der Waals surface area (Å²) in [5, 5.41) is 24.5. The largest absolute Gasteiger partial charge is 0.504 e. The fraction of sp³-hybridized carbons (Fsp3) is 0.222. The highest BCUT2D eigenvalue weighted by Crippen LogP contribution is 2.24. The van der Waals surface area contributed by atoms with Crippen molar-refractivity contribution in [1.29, 1.82) is 0 Å². The van der Waals surface area contributed by atoms with Crippen LogP contribution in [0.3, 0.4) is 0 Å². The summed E-state index contributed by atoms with van der Waals surface area (Å²) in [6.07, 6.45) is 0. The van der Waals surface area contributed by atoms with Crippen molar-refractivity contribution in [2.24, 2.45) is 0 Å². The Balaban J connectivity index is 2.60. The lowest BCUT2D eigenvalue weighted by Crippen LogP contribution is -2.31. The van der Waals surface area contributed by atoms with Crippen LogP contribution in [0.15, 0.2) is 18.2 Å². The van der Waals surface area contributed by atoms with Gasteiger partial charge in [0, 0.05) is 13.6 Å². The number of rotatable bonds is 2. The van der Waals surface area contributed by atoms with Gasteiger partial charge in [-0.1, -0.05) is 6.07 Å². The molecule has 14 heavy (non-hydrogen) atoms. The van der Waals surface area contributed by atoms with E-state index in [4.69, 9.17) is 17.3 Å². The number of phenols is 2. The van der Waals surface area contributed by atoms with Crippen LogP contribution in [0.5, 0.6) is 11.5 Å². The van der Waals surface area contributed by atoms with Gasteiger partial charge < -0.3 is 20.8 Å². The summed E-state index contributed by atoms with van der Waals surface area (Å²) >= 11 is 4.88. The molecule has 0 heterocycles. The summed E-state index contributed by atoms with van der Waals surface area (Å²) in [6.45, 7) is 0.507. The highest BCUT2D eigenvalue weighted by atomic mass is 32.1. The number of benzene rings is 1. The van der Waals surface area contributed by atoms with Gasteiger partial charge >= 0.3 is 0 Å². The van der Waals surface area contributed by atoms with Crippen molar-refractivity contribution >= 4 is 17.3 Å². The Labute approximate surface area is 87.6 Å². The first-order chi connectivity index (χ1) is 6.63. The van der Waals surface area contributed by atoms with E-state index >= 15 is 0 Å². The molecule has 0 saturated carbocycles. The van der Waals surface area contributed by atoms with Gasteiger partial charge in [-0.3, -0.25) is 0 Å². The smallest absolute Gasteiger partial charge is 0.166 e. The Morgan fingerprint density at radius 3 is 2.64 bits per heavy atom. The first-order valence-corrected chi connectivity index (χ1v) is 4.50. The molecule has 0 fully saturated rings. The molecule has 0 unspecified atom stereocenters. The summed E-state index contributed by atoms with van der Waals surface area (Å²) in [5.74, 6) is -0.246. The van der Waals surface area contributed by atoms with E-state index in [1.165, 1.54) is 12.1 Å². The van der Waals surface area contributed by atoms with E-state index < -0.39 is 0 Å². The third-order valence-electron chi connectivity index (χ3n) is 1.72. The Bertz CT molecular complexity index is 342. The van der Waals surface area contributed by atoms with E-state index in [2.05, 4.69) is 10.6 Å². The lowest BCUT2D eigenvalue weighted by molar-refractivity contribution is 0.403. The number of thiocarbonyl (C=S) groups is 1. The van der Waals surface area contributed by atoms with Gasteiger partial charge in [0.2, 0.25) is 0 Å². The molecular weight excluding hydrogens is 200 g/mol. The van der Waals surface area contributed by atoms with Crippen LogP contribution in [-0.2, 0) is 6.54 Å². The van der Waals surface area contributed by atoms with Crippen LogP contribution in [0.4, 0.5) is 0 Å². The second kappa shape index (κ2) is 4.66. The van der Waals surface area contributed by atoms with Gasteiger partial charge in [0.1, 0.15) is 0 Å². The molecule has 76 valence electrons. The third kappa shape index (κ3) is 2.77. The number of nitrogens with one attached hydrogen (secondary N) is 2. The van der Waals surface area contributed by atoms with Crippen LogP contribution in [0.1, 0.15) is 5.56 Å². The first kappa shape index (κ1) is 10.6. The van der Waals surface area contributed by atoms with Crippen molar-refractivity contribution in [2.45, 2.75) is 6.54 Å². The van der Waals surface area contributed by atoms with Gasteiger partial charge in [-0.2, -0.15) is 0 Å². The molecule has 0 amide bonds. The maximum absolute atomic E-state index is 9.20. The third-order valence-corrected chi connectivity index (χ3v) is 2.07. The average Bonchev–Trinajstić information content (AvgIpc) is 2.19. The summed E-state index contributed by atoms with van der Waals surface area (Å²) in [6, 6.07) is 4.63. The fourth-order valence-corrected chi connectivity index (χ4v) is 1.02. The number of hydrogen-bond donors (Lipinski definition) is 4. The van der Waals surface area contributed by atoms with Crippen molar-refractivity contribution < 1.29 is 10.2 Å². The topological polar surface area (TPSA) is 64.5 Å². The molecular formula is C9H12N2O2S. The quantitative estimate of drug-likeness (QED) is 0.429. The average molecular weight is 212 g/mol. The molecule has 4 N–H and O–H groups in total. The molecule has 0 spiro atoms. The van der Waals surface area contributed by atoms with Crippen molar-refractivity contribution in [2.75, 3.05) is 7.05 Å². The van der Waals surface area contributed by atoms with Gasteiger partial charge in [-0.05, 0) is 29.9 Å². The van der Waals surface area contributed by atoms with E-state index in [1.807, 2.05) is 0 Å². The summed E-state index contributed by atoms with van der Waals surface area (Å²) < 4.78 is 0. The van der Waals surface area contributed by atoms with Gasteiger partial charge in [-0.25, -0.2) is 0 Å². The van der Waals surface area contributed by atoms with Crippen LogP contribution < -0.4 is 10.6 Å². The van der Waals surface area contributed by atoms with Crippen LogP contribution in [0.2, 0.25) is 0 Å². The zero-order valence-corrected chi connectivity index (χ0v) is 8.56. The van der Waals surface area contributed by atoms with E-state index in [0.29, 0.717) is 11.7 Å². The Hall–Kier alpha value is -1.49. The monoisotopic (exact) mass is 212 g/mol. The molecule has 1 aromatic rings. The predicted octanol–water partition coefficient (Wildman–Crippen LogP) is 0.692. The van der Waals surface area contributed by atoms with Crippen LogP contribution >= 0.6 is 12.2 Å².